The van der Waals surface area contributed by atoms with Crippen LogP contribution >= 0.6 is 0 Å². The first-order valence-corrected chi connectivity index (χ1v) is 12.9. The zero-order chi connectivity index (χ0) is 21.4. The summed E-state index contributed by atoms with van der Waals surface area (Å²) in [5, 5.41) is 3.93. The summed E-state index contributed by atoms with van der Waals surface area (Å²) >= 11 is 0. The molecule has 0 aliphatic carbocycles. The maximum absolute atomic E-state index is 12.8. The number of carbonyl (C=O) groups is 1. The van der Waals surface area contributed by atoms with Gasteiger partial charge in [0, 0.05) is 6.42 Å². The van der Waals surface area contributed by atoms with Gasteiger partial charge in [-0.05, 0) is 27.2 Å². The lowest BCUT2D eigenvalue weighted by Gasteiger charge is -2.33. The summed E-state index contributed by atoms with van der Waals surface area (Å²) in [5.41, 5.74) is 1.01. The van der Waals surface area contributed by atoms with E-state index in [2.05, 4.69) is 72.8 Å². The monoisotopic (exact) mass is 422 g/mol. The molecule has 0 unspecified atom stereocenters. The molecule has 0 N–H and O–H groups in total. The van der Waals surface area contributed by atoms with Gasteiger partial charge in [0.1, 0.15) is 14.7 Å². The van der Waals surface area contributed by atoms with E-state index in [0.717, 1.165) is 11.6 Å². The summed E-state index contributed by atoms with van der Waals surface area (Å²) in [6, 6.07) is 42.6. The van der Waals surface area contributed by atoms with Crippen LogP contribution in [0.1, 0.15) is 12.0 Å². The van der Waals surface area contributed by atoms with Crippen molar-refractivity contribution in [2.45, 2.75) is 19.1 Å². The Morgan fingerprint density at radius 1 is 0.581 bits per heavy atom. The first-order chi connectivity index (χ1) is 15.3. The largest absolute Gasteiger partial charge is 0.461 e. The van der Waals surface area contributed by atoms with E-state index in [4.69, 9.17) is 4.74 Å². The molecule has 0 radical (unpaired) electrons. The third kappa shape index (κ3) is 4.84. The molecule has 0 amide bonds. The predicted octanol–water partition coefficient (Wildman–Crippen LogP) is 4.29. The molecule has 0 aliphatic heterocycles. The van der Waals surface area contributed by atoms with E-state index < -0.39 is 8.07 Å². The first-order valence-electron chi connectivity index (χ1n) is 10.7. The van der Waals surface area contributed by atoms with Gasteiger partial charge in [-0.1, -0.05) is 121 Å². The van der Waals surface area contributed by atoms with Crippen LogP contribution in [0.25, 0.3) is 0 Å². The molecule has 4 aromatic rings. The molecule has 0 spiro atoms. The van der Waals surface area contributed by atoms with Crippen LogP contribution in [-0.4, -0.2) is 14.0 Å². The number of benzene rings is 4. The SMILES string of the molecule is O=C(CC[Si](c1ccccc1)(c1ccccc1)c1ccccc1)OCc1ccccc1. The van der Waals surface area contributed by atoms with Crippen molar-refractivity contribution < 1.29 is 9.53 Å². The molecule has 2 nitrogen and oxygen atoms in total. The van der Waals surface area contributed by atoms with Crippen molar-refractivity contribution in [1.29, 1.82) is 0 Å². The molecule has 0 heterocycles. The van der Waals surface area contributed by atoms with Crippen molar-refractivity contribution in [3.8, 4) is 0 Å². The second-order valence-electron chi connectivity index (χ2n) is 7.65. The molecule has 0 aliphatic rings. The summed E-state index contributed by atoms with van der Waals surface area (Å²) in [6.45, 7) is 0.316. The van der Waals surface area contributed by atoms with Gasteiger partial charge in [0.2, 0.25) is 0 Å². The minimum atomic E-state index is -2.40. The van der Waals surface area contributed by atoms with Crippen molar-refractivity contribution in [3.63, 3.8) is 0 Å². The van der Waals surface area contributed by atoms with Gasteiger partial charge >= 0.3 is 5.97 Å². The Morgan fingerprint density at radius 3 is 1.39 bits per heavy atom. The second kappa shape index (κ2) is 10.1. The Hall–Kier alpha value is -3.43. The third-order valence-electron chi connectivity index (χ3n) is 5.75. The molecule has 0 atom stereocenters. The van der Waals surface area contributed by atoms with Gasteiger partial charge in [-0.15, -0.1) is 0 Å². The predicted molar refractivity (Wildman–Crippen MR) is 130 cm³/mol. The Balaban J connectivity index is 1.66. The van der Waals surface area contributed by atoms with Crippen molar-refractivity contribution in [2.24, 2.45) is 0 Å². The van der Waals surface area contributed by atoms with Crippen molar-refractivity contribution in [1.82, 2.24) is 0 Å². The number of ether oxygens (including phenoxy) is 1. The Kier molecular flexibility index (Phi) is 6.75. The van der Waals surface area contributed by atoms with Crippen molar-refractivity contribution in [2.75, 3.05) is 0 Å². The van der Waals surface area contributed by atoms with E-state index in [1.165, 1.54) is 15.6 Å². The molecule has 3 heteroatoms. The average molecular weight is 423 g/mol. The third-order valence-corrected chi connectivity index (χ3v) is 10.7. The van der Waals surface area contributed by atoms with E-state index in [1.807, 2.05) is 48.5 Å². The van der Waals surface area contributed by atoms with E-state index in [-0.39, 0.29) is 5.97 Å². The second-order valence-corrected chi connectivity index (χ2v) is 11.7. The fraction of sp³-hybridized carbons (Fsp3) is 0.107. The highest BCUT2D eigenvalue weighted by Crippen LogP contribution is 2.16. The van der Waals surface area contributed by atoms with E-state index in [0.29, 0.717) is 13.0 Å². The molecule has 0 saturated heterocycles. The summed E-state index contributed by atoms with van der Waals surface area (Å²) in [7, 11) is -2.40. The normalized spacial score (nSPS) is 11.1. The maximum atomic E-state index is 12.8. The van der Waals surface area contributed by atoms with Crippen LogP contribution in [0.5, 0.6) is 0 Å². The summed E-state index contributed by atoms with van der Waals surface area (Å²) < 4.78 is 5.61. The van der Waals surface area contributed by atoms with Crippen LogP contribution in [-0.2, 0) is 16.1 Å². The topological polar surface area (TPSA) is 26.3 Å². The molecular formula is C28H26O2Si. The lowest BCUT2D eigenvalue weighted by atomic mass is 10.2. The summed E-state index contributed by atoms with van der Waals surface area (Å²) in [4.78, 5) is 12.8. The zero-order valence-corrected chi connectivity index (χ0v) is 18.5. The maximum Gasteiger partial charge on any atom is 0.305 e. The Labute approximate surface area is 185 Å². The summed E-state index contributed by atoms with van der Waals surface area (Å²) in [5.74, 6) is -0.150. The quantitative estimate of drug-likeness (QED) is 0.241. The average Bonchev–Trinajstić information content (AvgIpc) is 2.86. The fourth-order valence-corrected chi connectivity index (χ4v) is 8.93. The molecule has 154 valence electrons. The lowest BCUT2D eigenvalue weighted by Crippen LogP contribution is -2.67. The molecule has 4 rings (SSSR count). The molecule has 0 bridgehead atoms. The van der Waals surface area contributed by atoms with Gasteiger partial charge in [0.15, 0.2) is 0 Å². The zero-order valence-electron chi connectivity index (χ0n) is 17.5. The van der Waals surface area contributed by atoms with Gasteiger partial charge in [-0.3, -0.25) is 4.79 Å². The lowest BCUT2D eigenvalue weighted by molar-refractivity contribution is -0.144. The van der Waals surface area contributed by atoms with Crippen molar-refractivity contribution >= 4 is 29.6 Å². The van der Waals surface area contributed by atoms with Crippen LogP contribution in [0, 0.1) is 0 Å². The fourth-order valence-electron chi connectivity index (χ4n) is 4.20. The minimum Gasteiger partial charge on any atom is -0.461 e. The van der Waals surface area contributed by atoms with Gasteiger partial charge in [-0.25, -0.2) is 0 Å². The molecule has 4 aromatic carbocycles. The summed E-state index contributed by atoms with van der Waals surface area (Å²) in [6.07, 6.45) is 0.387. The van der Waals surface area contributed by atoms with Crippen LogP contribution in [0.4, 0.5) is 0 Å². The Bertz CT molecular complexity index is 984. The number of esters is 1. The highest BCUT2D eigenvalue weighted by Gasteiger charge is 2.39. The molecule has 0 fully saturated rings. The van der Waals surface area contributed by atoms with Crippen molar-refractivity contribution in [3.05, 3.63) is 127 Å². The first kappa shape index (κ1) is 20.8. The standard InChI is InChI=1S/C28H26O2Si/c29-28(30-23-24-13-5-1-6-14-24)21-22-31(25-15-7-2-8-16-25,26-17-9-3-10-18-26)27-19-11-4-12-20-27/h1-20H,21-23H2. The van der Waals surface area contributed by atoms with E-state index in [1.54, 1.807) is 0 Å². The van der Waals surface area contributed by atoms with E-state index in [9.17, 15) is 4.79 Å². The number of carbonyl (C=O) groups excluding carboxylic acids is 1. The molecule has 0 saturated carbocycles. The highest BCUT2D eigenvalue weighted by molar-refractivity contribution is 7.11. The van der Waals surface area contributed by atoms with Crippen LogP contribution in [0.2, 0.25) is 6.04 Å². The minimum absolute atomic E-state index is 0.150. The van der Waals surface area contributed by atoms with Crippen LogP contribution in [0.3, 0.4) is 0 Å². The number of hydrogen-bond acceptors (Lipinski definition) is 2. The number of hydrogen-bond donors (Lipinski definition) is 0. The van der Waals surface area contributed by atoms with E-state index >= 15 is 0 Å². The Morgan fingerprint density at radius 2 is 0.968 bits per heavy atom. The smallest absolute Gasteiger partial charge is 0.305 e. The van der Waals surface area contributed by atoms with Crippen LogP contribution < -0.4 is 15.6 Å². The van der Waals surface area contributed by atoms with Gasteiger partial charge in [-0.2, -0.15) is 0 Å². The molecule has 0 aromatic heterocycles. The highest BCUT2D eigenvalue weighted by atomic mass is 28.3. The molecular weight excluding hydrogens is 396 g/mol. The van der Waals surface area contributed by atoms with Gasteiger partial charge in [0.25, 0.3) is 0 Å². The van der Waals surface area contributed by atoms with Gasteiger partial charge < -0.3 is 4.74 Å². The number of rotatable bonds is 8. The van der Waals surface area contributed by atoms with Gasteiger partial charge in [0.05, 0.1) is 0 Å². The molecule has 31 heavy (non-hydrogen) atoms. The van der Waals surface area contributed by atoms with Crippen LogP contribution in [0.15, 0.2) is 121 Å².